The van der Waals surface area contributed by atoms with Crippen molar-refractivity contribution >= 4 is 12.2 Å². The van der Waals surface area contributed by atoms with Crippen LogP contribution in [0.1, 0.15) is 11.3 Å². The highest BCUT2D eigenvalue weighted by molar-refractivity contribution is 5.68. The SMILES string of the molecule is C(=C\c1ccnn1-c1ccccn1)/c1ccccc1. The highest BCUT2D eigenvalue weighted by atomic mass is 15.3. The van der Waals surface area contributed by atoms with Gasteiger partial charge >= 0.3 is 0 Å². The van der Waals surface area contributed by atoms with Gasteiger partial charge in [0, 0.05) is 6.20 Å². The molecule has 0 unspecified atom stereocenters. The first kappa shape index (κ1) is 11.4. The molecule has 0 aliphatic carbocycles. The summed E-state index contributed by atoms with van der Waals surface area (Å²) in [5.74, 6) is 0.820. The lowest BCUT2D eigenvalue weighted by atomic mass is 10.2. The Balaban J connectivity index is 1.91. The first-order chi connectivity index (χ1) is 9.43. The third kappa shape index (κ3) is 2.60. The molecule has 0 saturated carbocycles. The van der Waals surface area contributed by atoms with Crippen LogP contribution in [0.3, 0.4) is 0 Å². The molecule has 0 N–H and O–H groups in total. The van der Waals surface area contributed by atoms with Crippen LogP contribution < -0.4 is 0 Å². The molecule has 92 valence electrons. The number of benzene rings is 1. The molecule has 3 aromatic rings. The maximum atomic E-state index is 4.30. The lowest BCUT2D eigenvalue weighted by Gasteiger charge is -2.02. The van der Waals surface area contributed by atoms with Crippen LogP contribution >= 0.6 is 0 Å². The molecule has 0 spiro atoms. The molecule has 0 radical (unpaired) electrons. The maximum Gasteiger partial charge on any atom is 0.153 e. The fraction of sp³-hybridized carbons (Fsp3) is 0. The minimum absolute atomic E-state index is 0.820. The van der Waals surface area contributed by atoms with Gasteiger partial charge in [-0.25, -0.2) is 9.67 Å². The van der Waals surface area contributed by atoms with E-state index in [1.54, 1.807) is 12.4 Å². The van der Waals surface area contributed by atoms with Gasteiger partial charge in [0.15, 0.2) is 5.82 Å². The summed E-state index contributed by atoms with van der Waals surface area (Å²) in [5, 5.41) is 4.30. The molecule has 0 aliphatic rings. The lowest BCUT2D eigenvalue weighted by molar-refractivity contribution is 0.839. The van der Waals surface area contributed by atoms with Crippen molar-refractivity contribution in [2.45, 2.75) is 0 Å². The molecule has 0 saturated heterocycles. The average Bonchev–Trinajstić information content (AvgIpc) is 2.95. The Morgan fingerprint density at radius 2 is 1.63 bits per heavy atom. The zero-order valence-electron chi connectivity index (χ0n) is 10.3. The van der Waals surface area contributed by atoms with Crippen molar-refractivity contribution in [1.29, 1.82) is 0 Å². The van der Waals surface area contributed by atoms with E-state index in [1.165, 1.54) is 0 Å². The van der Waals surface area contributed by atoms with Crippen molar-refractivity contribution in [3.63, 3.8) is 0 Å². The van der Waals surface area contributed by atoms with Crippen LogP contribution in [0.25, 0.3) is 18.0 Å². The summed E-state index contributed by atoms with van der Waals surface area (Å²) in [5.41, 5.74) is 2.17. The van der Waals surface area contributed by atoms with Crippen LogP contribution in [0.15, 0.2) is 67.0 Å². The number of rotatable bonds is 3. The molecule has 1 aromatic carbocycles. The normalized spacial score (nSPS) is 10.9. The van der Waals surface area contributed by atoms with Crippen molar-refractivity contribution in [2.24, 2.45) is 0 Å². The molecule has 0 amide bonds. The van der Waals surface area contributed by atoms with E-state index < -0.39 is 0 Å². The first-order valence-corrected chi connectivity index (χ1v) is 6.12. The van der Waals surface area contributed by atoms with Crippen LogP contribution in [-0.4, -0.2) is 14.8 Å². The van der Waals surface area contributed by atoms with Crippen LogP contribution in [0.4, 0.5) is 0 Å². The zero-order chi connectivity index (χ0) is 12.9. The molecule has 3 heteroatoms. The quantitative estimate of drug-likeness (QED) is 0.709. The zero-order valence-corrected chi connectivity index (χ0v) is 10.3. The monoisotopic (exact) mass is 247 g/mol. The van der Waals surface area contributed by atoms with Gasteiger partial charge in [-0.05, 0) is 29.8 Å². The summed E-state index contributed by atoms with van der Waals surface area (Å²) in [7, 11) is 0. The molecule has 0 aliphatic heterocycles. The molecule has 0 bridgehead atoms. The van der Waals surface area contributed by atoms with Crippen molar-refractivity contribution in [3.05, 3.63) is 78.2 Å². The fourth-order valence-electron chi connectivity index (χ4n) is 1.86. The Hall–Kier alpha value is -2.68. The van der Waals surface area contributed by atoms with E-state index in [-0.39, 0.29) is 0 Å². The highest BCUT2D eigenvalue weighted by Crippen LogP contribution is 2.11. The molecule has 19 heavy (non-hydrogen) atoms. The minimum Gasteiger partial charge on any atom is -0.237 e. The second-order valence-corrected chi connectivity index (χ2v) is 4.10. The Bertz CT molecular complexity index is 669. The van der Waals surface area contributed by atoms with Gasteiger partial charge in [0.2, 0.25) is 0 Å². The van der Waals surface area contributed by atoms with Gasteiger partial charge in [0.1, 0.15) is 0 Å². The van der Waals surface area contributed by atoms with Gasteiger partial charge in [-0.2, -0.15) is 5.10 Å². The summed E-state index contributed by atoms with van der Waals surface area (Å²) in [4.78, 5) is 4.30. The summed E-state index contributed by atoms with van der Waals surface area (Å²) in [6.07, 6.45) is 7.65. The Morgan fingerprint density at radius 1 is 0.789 bits per heavy atom. The third-order valence-electron chi connectivity index (χ3n) is 2.78. The largest absolute Gasteiger partial charge is 0.237 e. The maximum absolute atomic E-state index is 4.30. The number of hydrogen-bond donors (Lipinski definition) is 0. The summed E-state index contributed by atoms with van der Waals surface area (Å²) >= 11 is 0. The number of hydrogen-bond acceptors (Lipinski definition) is 2. The van der Waals surface area contributed by atoms with E-state index in [0.29, 0.717) is 0 Å². The Kier molecular flexibility index (Phi) is 3.19. The van der Waals surface area contributed by atoms with Crippen molar-refractivity contribution in [2.75, 3.05) is 0 Å². The first-order valence-electron chi connectivity index (χ1n) is 6.12. The standard InChI is InChI=1S/C16H13N3/c1-2-6-14(7-3-1)9-10-15-11-13-18-19(15)16-8-4-5-12-17-16/h1-13H/b10-9+. The van der Waals surface area contributed by atoms with Crippen molar-refractivity contribution < 1.29 is 0 Å². The van der Waals surface area contributed by atoms with Crippen molar-refractivity contribution in [1.82, 2.24) is 14.8 Å². The van der Waals surface area contributed by atoms with Crippen molar-refractivity contribution in [3.8, 4) is 5.82 Å². The Labute approximate surface area is 111 Å². The van der Waals surface area contributed by atoms with Gasteiger partial charge in [0.25, 0.3) is 0 Å². The number of nitrogens with zero attached hydrogens (tertiary/aromatic N) is 3. The van der Waals surface area contributed by atoms with Crippen LogP contribution in [0, 0.1) is 0 Å². The molecule has 3 nitrogen and oxygen atoms in total. The van der Waals surface area contributed by atoms with Gasteiger partial charge in [-0.1, -0.05) is 42.5 Å². The van der Waals surface area contributed by atoms with E-state index >= 15 is 0 Å². The van der Waals surface area contributed by atoms with Crippen LogP contribution in [-0.2, 0) is 0 Å². The van der Waals surface area contributed by atoms with Crippen LogP contribution in [0.2, 0.25) is 0 Å². The minimum atomic E-state index is 0.820. The predicted octanol–water partition coefficient (Wildman–Crippen LogP) is 3.44. The summed E-state index contributed by atoms with van der Waals surface area (Å²) < 4.78 is 1.82. The van der Waals surface area contributed by atoms with Gasteiger partial charge in [-0.3, -0.25) is 0 Å². The van der Waals surface area contributed by atoms with Gasteiger partial charge < -0.3 is 0 Å². The molecule has 0 fully saturated rings. The smallest absolute Gasteiger partial charge is 0.153 e. The van der Waals surface area contributed by atoms with E-state index in [1.807, 2.05) is 53.2 Å². The second-order valence-electron chi connectivity index (χ2n) is 4.10. The number of aromatic nitrogens is 3. The van der Waals surface area contributed by atoms with E-state index in [9.17, 15) is 0 Å². The van der Waals surface area contributed by atoms with E-state index in [2.05, 4.69) is 28.3 Å². The fourth-order valence-corrected chi connectivity index (χ4v) is 1.86. The third-order valence-corrected chi connectivity index (χ3v) is 2.78. The lowest BCUT2D eigenvalue weighted by Crippen LogP contribution is -2.00. The summed E-state index contributed by atoms with van der Waals surface area (Å²) in [6, 6.07) is 17.9. The topological polar surface area (TPSA) is 30.7 Å². The number of pyridine rings is 1. The molecular weight excluding hydrogens is 234 g/mol. The highest BCUT2D eigenvalue weighted by Gasteiger charge is 2.01. The van der Waals surface area contributed by atoms with E-state index in [4.69, 9.17) is 0 Å². The molecule has 2 aromatic heterocycles. The second kappa shape index (κ2) is 5.31. The summed E-state index contributed by atoms with van der Waals surface area (Å²) in [6.45, 7) is 0. The van der Waals surface area contributed by atoms with E-state index in [0.717, 1.165) is 17.1 Å². The van der Waals surface area contributed by atoms with Gasteiger partial charge in [0.05, 0.1) is 11.9 Å². The molecular formula is C16H13N3. The molecule has 2 heterocycles. The predicted molar refractivity (Wildman–Crippen MR) is 76.7 cm³/mol. The average molecular weight is 247 g/mol. The van der Waals surface area contributed by atoms with Crippen LogP contribution in [0.5, 0.6) is 0 Å². The van der Waals surface area contributed by atoms with Gasteiger partial charge in [-0.15, -0.1) is 0 Å². The molecule has 3 rings (SSSR count). The Morgan fingerprint density at radius 3 is 2.42 bits per heavy atom. The molecule has 0 atom stereocenters.